The van der Waals surface area contributed by atoms with Crippen LogP contribution < -0.4 is 5.32 Å². The number of aliphatic hydroxyl groups is 1. The van der Waals surface area contributed by atoms with Crippen LogP contribution in [-0.4, -0.2) is 40.2 Å². The minimum Gasteiger partial charge on any atom is -0.390 e. The first-order valence-electron chi connectivity index (χ1n) is 7.34. The van der Waals surface area contributed by atoms with E-state index in [-0.39, 0.29) is 0 Å². The fourth-order valence-corrected chi connectivity index (χ4v) is 2.73. The number of nitrogens with one attached hydrogen (secondary N) is 1. The summed E-state index contributed by atoms with van der Waals surface area (Å²) in [6.45, 7) is 7.44. The fourth-order valence-electron chi connectivity index (χ4n) is 2.56. The molecule has 0 radical (unpaired) electrons. The predicted octanol–water partition coefficient (Wildman–Crippen LogP) is 2.90. The molecular weight excluding hydrogens is 274 g/mol. The summed E-state index contributed by atoms with van der Waals surface area (Å²) in [6, 6.07) is 3.80. The molecule has 1 fully saturated rings. The third-order valence-corrected chi connectivity index (χ3v) is 4.15. The summed E-state index contributed by atoms with van der Waals surface area (Å²) in [5, 5.41) is 14.0. The Hall–Kier alpha value is -0.840. The van der Waals surface area contributed by atoms with E-state index in [1.165, 1.54) is 0 Å². The Bertz CT molecular complexity index is 451. The first kappa shape index (κ1) is 15.5. The van der Waals surface area contributed by atoms with Crippen molar-refractivity contribution in [3.8, 4) is 0 Å². The standard InChI is InChI=1S/C15H24ClN3O/c1-3-17-14-6-5-12(16)13(18-14)11-19-9-4-7-15(2,20)8-10-19/h5-6,20H,3-4,7-11H2,1-2H3,(H,17,18). The SMILES string of the molecule is CCNc1ccc(Cl)c(CN2CCCC(C)(O)CC2)n1. The lowest BCUT2D eigenvalue weighted by Crippen LogP contribution is -2.28. The van der Waals surface area contributed by atoms with E-state index in [2.05, 4.69) is 15.2 Å². The lowest BCUT2D eigenvalue weighted by atomic mass is 9.98. The van der Waals surface area contributed by atoms with Crippen molar-refractivity contribution in [3.05, 3.63) is 22.8 Å². The molecule has 5 heteroatoms. The first-order valence-corrected chi connectivity index (χ1v) is 7.72. The molecule has 0 aliphatic carbocycles. The van der Waals surface area contributed by atoms with Gasteiger partial charge in [0.2, 0.25) is 0 Å². The van der Waals surface area contributed by atoms with Crippen LogP contribution in [0.25, 0.3) is 0 Å². The second-order valence-corrected chi connectivity index (χ2v) is 6.19. The zero-order chi connectivity index (χ0) is 14.6. The summed E-state index contributed by atoms with van der Waals surface area (Å²) in [4.78, 5) is 6.90. The molecule has 1 aromatic heterocycles. The minimum absolute atomic E-state index is 0.530. The van der Waals surface area contributed by atoms with E-state index >= 15 is 0 Å². The molecule has 112 valence electrons. The Kier molecular flexibility index (Phi) is 5.24. The van der Waals surface area contributed by atoms with Crippen LogP contribution >= 0.6 is 11.6 Å². The van der Waals surface area contributed by atoms with E-state index in [1.54, 1.807) is 0 Å². The Morgan fingerprint density at radius 3 is 2.95 bits per heavy atom. The van der Waals surface area contributed by atoms with E-state index < -0.39 is 5.60 Å². The molecule has 2 heterocycles. The van der Waals surface area contributed by atoms with E-state index in [0.717, 1.165) is 57.0 Å². The highest BCUT2D eigenvalue weighted by Crippen LogP contribution is 2.24. The Morgan fingerprint density at radius 1 is 1.40 bits per heavy atom. The van der Waals surface area contributed by atoms with Crippen molar-refractivity contribution in [2.45, 2.75) is 45.3 Å². The predicted molar refractivity (Wildman–Crippen MR) is 83.2 cm³/mol. The van der Waals surface area contributed by atoms with Crippen LogP contribution in [0.4, 0.5) is 5.82 Å². The van der Waals surface area contributed by atoms with Gasteiger partial charge in [0.05, 0.1) is 16.3 Å². The molecule has 1 unspecified atom stereocenters. The molecule has 1 aromatic rings. The second kappa shape index (κ2) is 6.74. The molecule has 0 bridgehead atoms. The molecule has 4 nitrogen and oxygen atoms in total. The number of rotatable bonds is 4. The first-order chi connectivity index (χ1) is 9.50. The van der Waals surface area contributed by atoms with Crippen molar-refractivity contribution in [1.82, 2.24) is 9.88 Å². The molecule has 1 aliphatic heterocycles. The van der Waals surface area contributed by atoms with E-state index in [9.17, 15) is 5.11 Å². The van der Waals surface area contributed by atoms with Gasteiger partial charge in [0.1, 0.15) is 5.82 Å². The zero-order valence-corrected chi connectivity index (χ0v) is 13.1. The minimum atomic E-state index is -0.530. The highest BCUT2D eigenvalue weighted by molar-refractivity contribution is 6.31. The fraction of sp³-hybridized carbons (Fsp3) is 0.667. The number of halogens is 1. The summed E-state index contributed by atoms with van der Waals surface area (Å²) < 4.78 is 0. The molecule has 2 rings (SSSR count). The van der Waals surface area contributed by atoms with Gasteiger partial charge in [0.25, 0.3) is 0 Å². The average Bonchev–Trinajstić information content (AvgIpc) is 2.55. The Balaban J connectivity index is 2.03. The molecule has 0 aromatic carbocycles. The lowest BCUT2D eigenvalue weighted by molar-refractivity contribution is 0.0444. The van der Waals surface area contributed by atoms with Gasteiger partial charge in [-0.15, -0.1) is 0 Å². The normalized spacial score (nSPS) is 24.4. The lowest BCUT2D eigenvalue weighted by Gasteiger charge is -2.22. The van der Waals surface area contributed by atoms with Gasteiger partial charge < -0.3 is 10.4 Å². The molecule has 0 amide bonds. The molecule has 1 aliphatic rings. The van der Waals surface area contributed by atoms with Crippen molar-refractivity contribution in [1.29, 1.82) is 0 Å². The maximum Gasteiger partial charge on any atom is 0.126 e. The van der Waals surface area contributed by atoms with Crippen molar-refractivity contribution in [2.24, 2.45) is 0 Å². The van der Waals surface area contributed by atoms with E-state index in [0.29, 0.717) is 5.02 Å². The van der Waals surface area contributed by atoms with Gasteiger partial charge in [-0.2, -0.15) is 0 Å². The number of hydrogen-bond acceptors (Lipinski definition) is 4. The maximum absolute atomic E-state index is 10.1. The van der Waals surface area contributed by atoms with Crippen molar-refractivity contribution >= 4 is 17.4 Å². The van der Waals surface area contributed by atoms with Gasteiger partial charge in [-0.1, -0.05) is 11.6 Å². The molecule has 0 spiro atoms. The number of hydrogen-bond donors (Lipinski definition) is 2. The number of nitrogens with zero attached hydrogens (tertiary/aromatic N) is 2. The number of aromatic nitrogens is 1. The van der Waals surface area contributed by atoms with Crippen molar-refractivity contribution in [3.63, 3.8) is 0 Å². The van der Waals surface area contributed by atoms with Crippen LogP contribution in [0.5, 0.6) is 0 Å². The molecule has 2 N–H and O–H groups in total. The Labute approximate surface area is 126 Å². The van der Waals surface area contributed by atoms with Crippen LogP contribution in [0, 0.1) is 0 Å². The molecule has 0 saturated carbocycles. The highest BCUT2D eigenvalue weighted by atomic mass is 35.5. The smallest absolute Gasteiger partial charge is 0.126 e. The monoisotopic (exact) mass is 297 g/mol. The quantitative estimate of drug-likeness (QED) is 0.897. The summed E-state index contributed by atoms with van der Waals surface area (Å²) in [7, 11) is 0. The van der Waals surface area contributed by atoms with Gasteiger partial charge in [-0.05, 0) is 51.8 Å². The summed E-state index contributed by atoms with van der Waals surface area (Å²) in [5.74, 6) is 0.869. The summed E-state index contributed by atoms with van der Waals surface area (Å²) in [6.07, 6.45) is 2.68. The highest BCUT2D eigenvalue weighted by Gasteiger charge is 2.25. The van der Waals surface area contributed by atoms with Gasteiger partial charge in [0, 0.05) is 19.6 Å². The van der Waals surface area contributed by atoms with Crippen LogP contribution in [-0.2, 0) is 6.54 Å². The number of likely N-dealkylation sites (tertiary alicyclic amines) is 1. The molecule has 20 heavy (non-hydrogen) atoms. The van der Waals surface area contributed by atoms with Crippen molar-refractivity contribution < 1.29 is 5.11 Å². The Morgan fingerprint density at radius 2 is 2.20 bits per heavy atom. The third kappa shape index (κ3) is 4.33. The van der Waals surface area contributed by atoms with Gasteiger partial charge in [0.15, 0.2) is 0 Å². The number of pyridine rings is 1. The van der Waals surface area contributed by atoms with Crippen molar-refractivity contribution in [2.75, 3.05) is 25.0 Å². The summed E-state index contributed by atoms with van der Waals surface area (Å²) in [5.41, 5.74) is 0.379. The summed E-state index contributed by atoms with van der Waals surface area (Å²) >= 11 is 6.25. The molecule has 1 saturated heterocycles. The van der Waals surface area contributed by atoms with Crippen LogP contribution in [0.2, 0.25) is 5.02 Å². The largest absolute Gasteiger partial charge is 0.390 e. The van der Waals surface area contributed by atoms with Crippen LogP contribution in [0.3, 0.4) is 0 Å². The van der Waals surface area contributed by atoms with Gasteiger partial charge in [-0.3, -0.25) is 4.90 Å². The van der Waals surface area contributed by atoms with Gasteiger partial charge in [-0.25, -0.2) is 4.98 Å². The van der Waals surface area contributed by atoms with Crippen LogP contribution in [0.15, 0.2) is 12.1 Å². The van der Waals surface area contributed by atoms with Gasteiger partial charge >= 0.3 is 0 Å². The topological polar surface area (TPSA) is 48.4 Å². The molecular formula is C15H24ClN3O. The average molecular weight is 298 g/mol. The zero-order valence-electron chi connectivity index (χ0n) is 12.3. The second-order valence-electron chi connectivity index (χ2n) is 5.78. The molecule has 1 atom stereocenters. The number of anilines is 1. The van der Waals surface area contributed by atoms with E-state index in [4.69, 9.17) is 11.6 Å². The van der Waals surface area contributed by atoms with E-state index in [1.807, 2.05) is 26.0 Å². The van der Waals surface area contributed by atoms with Crippen LogP contribution in [0.1, 0.15) is 38.8 Å². The third-order valence-electron chi connectivity index (χ3n) is 3.81. The maximum atomic E-state index is 10.1.